The summed E-state index contributed by atoms with van der Waals surface area (Å²) >= 11 is 0. The van der Waals surface area contributed by atoms with E-state index in [1.165, 1.54) is 0 Å². The Morgan fingerprint density at radius 3 is 2.77 bits per heavy atom. The Hall–Kier alpha value is -1.35. The second-order valence-corrected chi connectivity index (χ2v) is 2.76. The minimum Gasteiger partial charge on any atom is -0.325 e. The lowest BCUT2D eigenvalue weighted by atomic mass is 10.1. The molecule has 0 aliphatic rings. The molecule has 3 nitrogen and oxygen atoms in total. The van der Waals surface area contributed by atoms with Crippen LogP contribution in [-0.2, 0) is 11.2 Å². The summed E-state index contributed by atoms with van der Waals surface area (Å²) in [5.41, 5.74) is 7.19. The molecule has 0 heterocycles. The van der Waals surface area contributed by atoms with Crippen molar-refractivity contribution in [1.29, 1.82) is 0 Å². The predicted molar refractivity (Wildman–Crippen MR) is 53.5 cm³/mol. The molecule has 1 rings (SSSR count). The Morgan fingerprint density at radius 1 is 1.46 bits per heavy atom. The van der Waals surface area contributed by atoms with E-state index in [1.54, 1.807) is 0 Å². The molecule has 0 saturated heterocycles. The summed E-state index contributed by atoms with van der Waals surface area (Å²) in [6.45, 7) is 2.07. The van der Waals surface area contributed by atoms with Crippen LogP contribution in [-0.4, -0.2) is 12.5 Å². The van der Waals surface area contributed by atoms with E-state index in [-0.39, 0.29) is 12.5 Å². The van der Waals surface area contributed by atoms with Crippen molar-refractivity contribution < 1.29 is 4.79 Å². The molecule has 0 aromatic heterocycles. The van der Waals surface area contributed by atoms with Crippen molar-refractivity contribution in [2.24, 2.45) is 5.73 Å². The van der Waals surface area contributed by atoms with Gasteiger partial charge < -0.3 is 11.1 Å². The number of aryl methyl sites for hydroxylation is 1. The fourth-order valence-corrected chi connectivity index (χ4v) is 1.15. The predicted octanol–water partition coefficient (Wildman–Crippen LogP) is 1.15. The van der Waals surface area contributed by atoms with Gasteiger partial charge in [0.15, 0.2) is 0 Å². The first-order valence-electron chi connectivity index (χ1n) is 4.35. The molecule has 0 aliphatic heterocycles. The van der Waals surface area contributed by atoms with E-state index in [0.717, 1.165) is 17.7 Å². The largest absolute Gasteiger partial charge is 0.325 e. The summed E-state index contributed by atoms with van der Waals surface area (Å²) in [5.74, 6) is -0.152. The van der Waals surface area contributed by atoms with Crippen LogP contribution in [0.1, 0.15) is 12.5 Å². The first-order chi connectivity index (χ1) is 6.27. The normalized spacial score (nSPS) is 9.69. The number of anilines is 1. The highest BCUT2D eigenvalue weighted by Gasteiger charge is 2.02. The number of carbonyl (C=O) groups is 1. The van der Waals surface area contributed by atoms with Crippen LogP contribution in [0.5, 0.6) is 0 Å². The van der Waals surface area contributed by atoms with E-state index in [2.05, 4.69) is 5.32 Å². The van der Waals surface area contributed by atoms with Gasteiger partial charge >= 0.3 is 0 Å². The Labute approximate surface area is 77.9 Å². The first kappa shape index (κ1) is 9.74. The number of amides is 1. The van der Waals surface area contributed by atoms with Crippen LogP contribution in [0, 0.1) is 0 Å². The van der Waals surface area contributed by atoms with Crippen molar-refractivity contribution in [2.45, 2.75) is 13.3 Å². The highest BCUT2D eigenvalue weighted by Crippen LogP contribution is 2.14. The summed E-state index contributed by atoms with van der Waals surface area (Å²) in [5, 5.41) is 2.75. The molecule has 0 spiro atoms. The van der Waals surface area contributed by atoms with Crippen LogP contribution in [0.2, 0.25) is 0 Å². The average molecular weight is 178 g/mol. The molecule has 13 heavy (non-hydrogen) atoms. The summed E-state index contributed by atoms with van der Waals surface area (Å²) in [6.07, 6.45) is 0.904. The summed E-state index contributed by atoms with van der Waals surface area (Å²) < 4.78 is 0. The van der Waals surface area contributed by atoms with Gasteiger partial charge in [0.1, 0.15) is 0 Å². The van der Waals surface area contributed by atoms with Crippen LogP contribution in [0.25, 0.3) is 0 Å². The third-order valence-electron chi connectivity index (χ3n) is 1.86. The molecule has 70 valence electrons. The third kappa shape index (κ3) is 2.56. The number of hydrogen-bond donors (Lipinski definition) is 2. The minimum atomic E-state index is -0.152. The molecular formula is C10H14N2O. The van der Waals surface area contributed by atoms with Gasteiger partial charge in [-0.25, -0.2) is 0 Å². The van der Waals surface area contributed by atoms with E-state index in [4.69, 9.17) is 5.73 Å². The van der Waals surface area contributed by atoms with Gasteiger partial charge in [0.25, 0.3) is 0 Å². The molecule has 1 amide bonds. The molecule has 0 atom stereocenters. The summed E-state index contributed by atoms with van der Waals surface area (Å²) in [6, 6.07) is 7.72. The van der Waals surface area contributed by atoms with Gasteiger partial charge in [-0.3, -0.25) is 4.79 Å². The number of carbonyl (C=O) groups excluding carboxylic acids is 1. The fourth-order valence-electron chi connectivity index (χ4n) is 1.15. The molecular weight excluding hydrogens is 164 g/mol. The monoisotopic (exact) mass is 178 g/mol. The number of hydrogen-bond acceptors (Lipinski definition) is 2. The first-order valence-corrected chi connectivity index (χ1v) is 4.35. The lowest BCUT2D eigenvalue weighted by molar-refractivity contribution is -0.114. The van der Waals surface area contributed by atoms with Gasteiger partial charge in [0, 0.05) is 5.69 Å². The van der Waals surface area contributed by atoms with Crippen LogP contribution in [0.15, 0.2) is 24.3 Å². The average Bonchev–Trinajstić information content (AvgIpc) is 2.18. The van der Waals surface area contributed by atoms with E-state index < -0.39 is 0 Å². The molecule has 0 aliphatic carbocycles. The van der Waals surface area contributed by atoms with Crippen molar-refractivity contribution >= 4 is 11.6 Å². The number of nitrogens with two attached hydrogens (primary N) is 1. The van der Waals surface area contributed by atoms with Crippen molar-refractivity contribution in [3.8, 4) is 0 Å². The van der Waals surface area contributed by atoms with Crippen LogP contribution >= 0.6 is 0 Å². The zero-order valence-corrected chi connectivity index (χ0v) is 7.71. The minimum absolute atomic E-state index is 0.0258. The highest BCUT2D eigenvalue weighted by molar-refractivity contribution is 5.92. The van der Waals surface area contributed by atoms with Gasteiger partial charge in [-0.1, -0.05) is 25.1 Å². The van der Waals surface area contributed by atoms with Crippen molar-refractivity contribution in [3.63, 3.8) is 0 Å². The van der Waals surface area contributed by atoms with Crippen LogP contribution in [0.3, 0.4) is 0 Å². The Kier molecular flexibility index (Phi) is 3.46. The number of rotatable bonds is 3. The zero-order valence-electron chi connectivity index (χ0n) is 7.71. The summed E-state index contributed by atoms with van der Waals surface area (Å²) in [7, 11) is 0. The Morgan fingerprint density at radius 2 is 2.15 bits per heavy atom. The van der Waals surface area contributed by atoms with Crippen molar-refractivity contribution in [2.75, 3.05) is 11.9 Å². The van der Waals surface area contributed by atoms with Crippen LogP contribution < -0.4 is 11.1 Å². The SMILES string of the molecule is CCc1ccccc1NC(=O)CN. The summed E-state index contributed by atoms with van der Waals surface area (Å²) in [4.78, 5) is 11.0. The van der Waals surface area contributed by atoms with E-state index >= 15 is 0 Å². The highest BCUT2D eigenvalue weighted by atomic mass is 16.1. The molecule has 0 fully saturated rings. The van der Waals surface area contributed by atoms with Crippen molar-refractivity contribution in [3.05, 3.63) is 29.8 Å². The number of nitrogens with one attached hydrogen (secondary N) is 1. The Bertz CT molecular complexity index is 297. The van der Waals surface area contributed by atoms with E-state index in [0.29, 0.717) is 0 Å². The van der Waals surface area contributed by atoms with Gasteiger partial charge in [-0.05, 0) is 18.1 Å². The maximum atomic E-state index is 11.0. The topological polar surface area (TPSA) is 55.1 Å². The van der Waals surface area contributed by atoms with Gasteiger partial charge in [-0.15, -0.1) is 0 Å². The second kappa shape index (κ2) is 4.62. The number of para-hydroxylation sites is 1. The smallest absolute Gasteiger partial charge is 0.238 e. The lowest BCUT2D eigenvalue weighted by Crippen LogP contribution is -2.22. The van der Waals surface area contributed by atoms with Gasteiger partial charge in [-0.2, -0.15) is 0 Å². The molecule has 0 bridgehead atoms. The van der Waals surface area contributed by atoms with Crippen LogP contribution in [0.4, 0.5) is 5.69 Å². The van der Waals surface area contributed by atoms with Crippen molar-refractivity contribution in [1.82, 2.24) is 0 Å². The standard InChI is InChI=1S/C10H14N2O/c1-2-8-5-3-4-6-9(8)12-10(13)7-11/h3-6H,2,7,11H2,1H3,(H,12,13). The molecule has 0 saturated carbocycles. The maximum absolute atomic E-state index is 11.0. The van der Waals surface area contributed by atoms with E-state index in [9.17, 15) is 4.79 Å². The molecule has 0 unspecified atom stereocenters. The quantitative estimate of drug-likeness (QED) is 0.729. The van der Waals surface area contributed by atoms with Gasteiger partial charge in [0.05, 0.1) is 6.54 Å². The van der Waals surface area contributed by atoms with Gasteiger partial charge in [0.2, 0.25) is 5.91 Å². The zero-order chi connectivity index (χ0) is 9.68. The maximum Gasteiger partial charge on any atom is 0.238 e. The fraction of sp³-hybridized carbons (Fsp3) is 0.300. The van der Waals surface area contributed by atoms with E-state index in [1.807, 2.05) is 31.2 Å². The second-order valence-electron chi connectivity index (χ2n) is 2.76. The third-order valence-corrected chi connectivity index (χ3v) is 1.86. The molecule has 3 N–H and O–H groups in total. The molecule has 0 radical (unpaired) electrons. The molecule has 1 aromatic rings. The lowest BCUT2D eigenvalue weighted by Gasteiger charge is -2.07. The Balaban J connectivity index is 2.81. The molecule has 3 heteroatoms. The molecule has 1 aromatic carbocycles. The number of benzene rings is 1.